The van der Waals surface area contributed by atoms with Crippen molar-refractivity contribution in [1.82, 2.24) is 4.90 Å². The number of rotatable bonds is 4. The first kappa shape index (κ1) is 13.0. The molecule has 0 radical (unpaired) electrons. The van der Waals surface area contributed by atoms with Gasteiger partial charge in [-0.2, -0.15) is 0 Å². The van der Waals surface area contributed by atoms with E-state index in [1.54, 1.807) is 12.1 Å². The number of likely N-dealkylation sites (tertiary alicyclic amines) is 1. The summed E-state index contributed by atoms with van der Waals surface area (Å²) < 4.78 is 13.1. The van der Waals surface area contributed by atoms with Gasteiger partial charge in [0.25, 0.3) is 0 Å². The van der Waals surface area contributed by atoms with Crippen LogP contribution in [0.25, 0.3) is 0 Å². The first-order valence-corrected chi connectivity index (χ1v) is 6.27. The molecule has 98 valence electrons. The number of aliphatic carboxylic acids is 1. The molecule has 2 atom stereocenters. The SMILES string of the molecule is CC(Cc1cccc(F)c1)N1CCC(C(=O)O)C1. The highest BCUT2D eigenvalue weighted by molar-refractivity contribution is 5.70. The Labute approximate surface area is 106 Å². The van der Waals surface area contributed by atoms with Crippen LogP contribution in [0.1, 0.15) is 18.9 Å². The first-order chi connectivity index (χ1) is 8.56. The van der Waals surface area contributed by atoms with Crippen molar-refractivity contribution in [3.63, 3.8) is 0 Å². The Kier molecular flexibility index (Phi) is 3.97. The predicted octanol–water partition coefficient (Wildman–Crippen LogP) is 2.16. The number of carboxylic acids is 1. The lowest BCUT2D eigenvalue weighted by molar-refractivity contribution is -0.141. The van der Waals surface area contributed by atoms with E-state index in [1.807, 2.05) is 6.07 Å². The standard InChI is InChI=1S/C14H18FNO2/c1-10(7-11-3-2-4-13(15)8-11)16-6-5-12(9-16)14(17)18/h2-4,8,10,12H,5-7,9H2,1H3,(H,17,18). The first-order valence-electron chi connectivity index (χ1n) is 6.27. The number of benzene rings is 1. The van der Waals surface area contributed by atoms with Crippen molar-refractivity contribution in [3.05, 3.63) is 35.6 Å². The van der Waals surface area contributed by atoms with E-state index < -0.39 is 5.97 Å². The number of nitrogens with zero attached hydrogens (tertiary/aromatic N) is 1. The third-order valence-corrected chi connectivity index (χ3v) is 3.61. The summed E-state index contributed by atoms with van der Waals surface area (Å²) in [6.45, 7) is 3.48. The van der Waals surface area contributed by atoms with Crippen molar-refractivity contribution in [2.75, 3.05) is 13.1 Å². The minimum absolute atomic E-state index is 0.218. The molecule has 0 bridgehead atoms. The largest absolute Gasteiger partial charge is 0.481 e. The third kappa shape index (κ3) is 3.07. The van der Waals surface area contributed by atoms with E-state index in [1.165, 1.54) is 6.07 Å². The summed E-state index contributed by atoms with van der Waals surface area (Å²) in [5, 5.41) is 8.96. The number of hydrogen-bond acceptors (Lipinski definition) is 2. The van der Waals surface area contributed by atoms with Crippen LogP contribution in [0.4, 0.5) is 4.39 Å². The van der Waals surface area contributed by atoms with Gasteiger partial charge in [-0.25, -0.2) is 4.39 Å². The fourth-order valence-electron chi connectivity index (χ4n) is 2.52. The number of carboxylic acid groups (broad SMARTS) is 1. The van der Waals surface area contributed by atoms with Crippen molar-refractivity contribution in [1.29, 1.82) is 0 Å². The van der Waals surface area contributed by atoms with Gasteiger partial charge in [0, 0.05) is 12.6 Å². The zero-order valence-electron chi connectivity index (χ0n) is 10.5. The molecular weight excluding hydrogens is 233 g/mol. The van der Waals surface area contributed by atoms with Gasteiger partial charge < -0.3 is 5.11 Å². The van der Waals surface area contributed by atoms with Gasteiger partial charge in [-0.3, -0.25) is 9.69 Å². The minimum Gasteiger partial charge on any atom is -0.481 e. The molecular formula is C14H18FNO2. The van der Waals surface area contributed by atoms with Gasteiger partial charge in [-0.05, 0) is 44.0 Å². The lowest BCUT2D eigenvalue weighted by atomic mass is 10.1. The molecule has 1 saturated heterocycles. The van der Waals surface area contributed by atoms with Crippen molar-refractivity contribution < 1.29 is 14.3 Å². The summed E-state index contributed by atoms with van der Waals surface area (Å²) >= 11 is 0. The van der Waals surface area contributed by atoms with Gasteiger partial charge in [0.15, 0.2) is 0 Å². The van der Waals surface area contributed by atoms with Crippen LogP contribution in [0.5, 0.6) is 0 Å². The van der Waals surface area contributed by atoms with E-state index in [0.29, 0.717) is 13.0 Å². The van der Waals surface area contributed by atoms with Gasteiger partial charge in [0.2, 0.25) is 0 Å². The van der Waals surface area contributed by atoms with E-state index in [4.69, 9.17) is 5.11 Å². The van der Waals surface area contributed by atoms with Crippen molar-refractivity contribution in [2.45, 2.75) is 25.8 Å². The second-order valence-corrected chi connectivity index (χ2v) is 5.00. The molecule has 0 spiro atoms. The average molecular weight is 251 g/mol. The van der Waals surface area contributed by atoms with Crippen LogP contribution in [0.3, 0.4) is 0 Å². The van der Waals surface area contributed by atoms with Crippen LogP contribution in [0.15, 0.2) is 24.3 Å². The fourth-order valence-corrected chi connectivity index (χ4v) is 2.52. The Morgan fingerprint density at radius 1 is 1.61 bits per heavy atom. The number of carbonyl (C=O) groups is 1. The molecule has 0 aromatic heterocycles. The minimum atomic E-state index is -0.713. The van der Waals surface area contributed by atoms with Crippen molar-refractivity contribution in [2.24, 2.45) is 5.92 Å². The average Bonchev–Trinajstić information content (AvgIpc) is 2.78. The van der Waals surface area contributed by atoms with Crippen LogP contribution in [-0.2, 0) is 11.2 Å². The van der Waals surface area contributed by atoms with Gasteiger partial charge in [0.1, 0.15) is 5.82 Å². The zero-order chi connectivity index (χ0) is 13.1. The molecule has 1 aliphatic heterocycles. The zero-order valence-corrected chi connectivity index (χ0v) is 10.5. The van der Waals surface area contributed by atoms with Crippen molar-refractivity contribution in [3.8, 4) is 0 Å². The monoisotopic (exact) mass is 251 g/mol. The Hall–Kier alpha value is -1.42. The lowest BCUT2D eigenvalue weighted by Gasteiger charge is -2.24. The maximum Gasteiger partial charge on any atom is 0.307 e. The normalized spacial score (nSPS) is 22.0. The summed E-state index contributed by atoms with van der Waals surface area (Å²) in [6.07, 6.45) is 1.47. The fraction of sp³-hybridized carbons (Fsp3) is 0.500. The van der Waals surface area contributed by atoms with Gasteiger partial charge in [0.05, 0.1) is 5.92 Å². The molecule has 1 fully saturated rings. The van der Waals surface area contributed by atoms with Gasteiger partial charge in [-0.1, -0.05) is 12.1 Å². The van der Waals surface area contributed by atoms with Gasteiger partial charge >= 0.3 is 5.97 Å². The molecule has 0 amide bonds. The molecule has 0 aliphatic carbocycles. The van der Waals surface area contributed by atoms with Crippen molar-refractivity contribution >= 4 is 5.97 Å². The molecule has 1 aromatic carbocycles. The Bertz CT molecular complexity index is 436. The highest BCUT2D eigenvalue weighted by atomic mass is 19.1. The highest BCUT2D eigenvalue weighted by Crippen LogP contribution is 2.20. The smallest absolute Gasteiger partial charge is 0.307 e. The van der Waals surface area contributed by atoms with Crippen LogP contribution >= 0.6 is 0 Å². The number of halogens is 1. The van der Waals surface area contributed by atoms with E-state index in [0.717, 1.165) is 18.5 Å². The molecule has 0 saturated carbocycles. The molecule has 1 heterocycles. The van der Waals surface area contributed by atoms with Crippen LogP contribution in [0, 0.1) is 11.7 Å². The van der Waals surface area contributed by atoms with Crippen LogP contribution in [0.2, 0.25) is 0 Å². The summed E-state index contributed by atoms with van der Waals surface area (Å²) in [4.78, 5) is 13.1. The van der Waals surface area contributed by atoms with Crippen LogP contribution < -0.4 is 0 Å². The second kappa shape index (κ2) is 5.48. The molecule has 3 nitrogen and oxygen atoms in total. The van der Waals surface area contributed by atoms with Crippen LogP contribution in [-0.4, -0.2) is 35.1 Å². The molecule has 4 heteroatoms. The maximum atomic E-state index is 13.1. The lowest BCUT2D eigenvalue weighted by Crippen LogP contribution is -2.33. The molecule has 2 unspecified atom stereocenters. The Balaban J connectivity index is 1.93. The molecule has 1 aromatic rings. The second-order valence-electron chi connectivity index (χ2n) is 5.00. The van der Waals surface area contributed by atoms with Gasteiger partial charge in [-0.15, -0.1) is 0 Å². The topological polar surface area (TPSA) is 40.5 Å². The quantitative estimate of drug-likeness (QED) is 0.891. The maximum absolute atomic E-state index is 13.1. The summed E-state index contributed by atoms with van der Waals surface area (Å²) in [5.74, 6) is -1.18. The molecule has 18 heavy (non-hydrogen) atoms. The summed E-state index contributed by atoms with van der Waals surface area (Å²) in [7, 11) is 0. The van der Waals surface area contributed by atoms with E-state index in [2.05, 4.69) is 11.8 Å². The van der Waals surface area contributed by atoms with E-state index in [9.17, 15) is 9.18 Å². The third-order valence-electron chi connectivity index (χ3n) is 3.61. The highest BCUT2D eigenvalue weighted by Gasteiger charge is 2.30. The Morgan fingerprint density at radius 2 is 2.39 bits per heavy atom. The number of hydrogen-bond donors (Lipinski definition) is 1. The predicted molar refractivity (Wildman–Crippen MR) is 66.9 cm³/mol. The van der Waals surface area contributed by atoms with E-state index >= 15 is 0 Å². The molecule has 1 aliphatic rings. The summed E-state index contributed by atoms with van der Waals surface area (Å²) in [6, 6.07) is 6.84. The Morgan fingerprint density at radius 3 is 3.00 bits per heavy atom. The van der Waals surface area contributed by atoms with E-state index in [-0.39, 0.29) is 17.8 Å². The molecule has 2 rings (SSSR count). The summed E-state index contributed by atoms with van der Waals surface area (Å²) in [5.41, 5.74) is 0.960. The molecule has 1 N–H and O–H groups in total.